The van der Waals surface area contributed by atoms with Crippen LogP contribution in [-0.2, 0) is 24.8 Å². The smallest absolute Gasteiger partial charge is 0.338 e. The van der Waals surface area contributed by atoms with E-state index < -0.39 is 31.9 Å². The Morgan fingerprint density at radius 3 is 1.50 bits per heavy atom. The number of carbonyl (C=O) groups is 2. The first-order valence-electron chi connectivity index (χ1n) is 12.4. The fourth-order valence-electron chi connectivity index (χ4n) is 3.94. The fourth-order valence-corrected chi connectivity index (χ4v) is 5.52. The molecule has 2 rings (SSSR count). The maximum Gasteiger partial charge on any atom is 0.338 e. The molecule has 2 aromatic carbocycles. The zero-order chi connectivity index (χ0) is 31.2. The molecule has 0 aromatic heterocycles. The summed E-state index contributed by atoms with van der Waals surface area (Å²) in [7, 11) is -6.52. The minimum atomic E-state index is -3.93. The lowest BCUT2D eigenvalue weighted by atomic mass is 9.92. The molecule has 14 heteroatoms. The van der Waals surface area contributed by atoms with E-state index in [1.165, 1.54) is 19.2 Å². The molecule has 0 aliphatic rings. The van der Waals surface area contributed by atoms with Gasteiger partial charge in [0.25, 0.3) is 5.91 Å². The van der Waals surface area contributed by atoms with E-state index in [2.05, 4.69) is 4.99 Å². The van der Waals surface area contributed by atoms with Gasteiger partial charge in [-0.3, -0.25) is 4.79 Å². The number of hydrogen-bond donors (Lipinski definition) is 4. The molecule has 0 aliphatic carbocycles. The van der Waals surface area contributed by atoms with Crippen molar-refractivity contribution in [2.24, 2.45) is 26.7 Å². The molecule has 0 radical (unpaired) electrons. The summed E-state index contributed by atoms with van der Waals surface area (Å²) >= 11 is 0. The summed E-state index contributed by atoms with van der Waals surface area (Å²) in [6.45, 7) is 11.1. The molecule has 12 nitrogen and oxygen atoms in total. The van der Waals surface area contributed by atoms with Crippen LogP contribution in [0.2, 0.25) is 0 Å². The van der Waals surface area contributed by atoms with Crippen molar-refractivity contribution in [1.82, 2.24) is 0 Å². The van der Waals surface area contributed by atoms with Crippen LogP contribution in [-0.4, -0.2) is 41.8 Å². The Morgan fingerprint density at radius 2 is 1.18 bits per heavy atom. The molecule has 2 unspecified atom stereocenters. The third-order valence-corrected chi connectivity index (χ3v) is 8.57. The fraction of sp³-hybridized carbons (Fsp3) is 0.423. The number of sulfonamides is 2. The Kier molecular flexibility index (Phi) is 12.0. The summed E-state index contributed by atoms with van der Waals surface area (Å²) in [5.74, 6) is -1.45. The van der Waals surface area contributed by atoms with E-state index in [0.717, 1.165) is 18.4 Å². The van der Waals surface area contributed by atoms with Crippen molar-refractivity contribution in [3.05, 3.63) is 57.6 Å². The topological polar surface area (TPSA) is 228 Å². The largest absolute Gasteiger partial charge is 0.465 e. The van der Waals surface area contributed by atoms with E-state index in [4.69, 9.17) is 26.5 Å². The maximum absolute atomic E-state index is 12.1. The normalized spacial score (nSPS) is 12.9. The molecule has 0 spiro atoms. The summed E-state index contributed by atoms with van der Waals surface area (Å²) in [6, 6.07) is 5.88. The standard InChI is InChI=1S/C13H20N4O3S.C13H19NO4S/c1-4-7(2)9-5-8(3)11(21(16,19)20)6-10(9)12(18)17-13(14)15;1-5-8(2)10-6-9(3)12(19(14,16)17)7-11(10)13(15)18-4/h5-7H,4H2,1-3H3,(H2,16,19,20)(H4,14,15,17,18);6-8H,5H2,1-4H3,(H2,14,16,17). The lowest BCUT2D eigenvalue weighted by Gasteiger charge is -2.16. The third-order valence-electron chi connectivity index (χ3n) is 6.46. The number of aryl methyl sites for hydroxylation is 2. The molecule has 2 atom stereocenters. The molecular weight excluding hydrogens is 558 g/mol. The molecule has 0 saturated carbocycles. The SMILES string of the molecule is CCC(C)c1cc(C)c(S(N)(=O)=O)cc1C(=O)N=C(N)N.CCC(C)c1cc(C)c(S(N)(=O)=O)cc1C(=O)OC. The average molecular weight is 598 g/mol. The van der Waals surface area contributed by atoms with Crippen LogP contribution in [0.15, 0.2) is 39.0 Å². The van der Waals surface area contributed by atoms with Gasteiger partial charge < -0.3 is 16.2 Å². The highest BCUT2D eigenvalue weighted by molar-refractivity contribution is 7.89. The molecule has 0 bridgehead atoms. The van der Waals surface area contributed by atoms with Gasteiger partial charge in [-0.15, -0.1) is 0 Å². The van der Waals surface area contributed by atoms with Crippen molar-refractivity contribution in [2.45, 2.75) is 76.0 Å². The molecule has 0 aliphatic heterocycles. The van der Waals surface area contributed by atoms with Gasteiger partial charge in [-0.05, 0) is 72.9 Å². The monoisotopic (exact) mass is 597 g/mol. The van der Waals surface area contributed by atoms with Gasteiger partial charge in [-0.25, -0.2) is 31.9 Å². The Labute approximate surface area is 236 Å². The second-order valence-corrected chi connectivity index (χ2v) is 12.5. The Bertz CT molecular complexity index is 1510. The van der Waals surface area contributed by atoms with Crippen molar-refractivity contribution >= 4 is 37.9 Å². The second-order valence-electron chi connectivity index (χ2n) is 9.45. The van der Waals surface area contributed by atoms with Crippen LogP contribution >= 0.6 is 0 Å². The second kappa shape index (κ2) is 13.8. The summed E-state index contributed by atoms with van der Waals surface area (Å²) in [6.07, 6.45) is 1.61. The number of carbonyl (C=O) groups excluding carboxylic acids is 2. The molecule has 0 saturated heterocycles. The lowest BCUT2D eigenvalue weighted by Crippen LogP contribution is -2.25. The van der Waals surface area contributed by atoms with Gasteiger partial charge in [0.15, 0.2) is 5.96 Å². The van der Waals surface area contributed by atoms with Gasteiger partial charge in [0.1, 0.15) is 0 Å². The molecule has 0 heterocycles. The van der Waals surface area contributed by atoms with Crippen molar-refractivity contribution in [3.8, 4) is 0 Å². The number of methoxy groups -OCH3 is 1. The predicted molar refractivity (Wildman–Crippen MR) is 154 cm³/mol. The molecule has 1 amide bonds. The van der Waals surface area contributed by atoms with Gasteiger partial charge in [0, 0.05) is 5.56 Å². The predicted octanol–water partition coefficient (Wildman–Crippen LogP) is 2.51. The summed E-state index contributed by atoms with van der Waals surface area (Å²) in [5, 5.41) is 10.3. The van der Waals surface area contributed by atoms with Crippen LogP contribution < -0.4 is 21.7 Å². The summed E-state index contributed by atoms with van der Waals surface area (Å²) in [4.78, 5) is 27.2. The number of rotatable bonds is 8. The molecule has 40 heavy (non-hydrogen) atoms. The van der Waals surface area contributed by atoms with Crippen molar-refractivity contribution in [2.75, 3.05) is 7.11 Å². The molecular formula is C26H39N5O7S2. The first-order chi connectivity index (χ1) is 18.3. The zero-order valence-corrected chi connectivity index (χ0v) is 25.4. The highest BCUT2D eigenvalue weighted by Crippen LogP contribution is 2.29. The summed E-state index contributed by atoms with van der Waals surface area (Å²) < 4.78 is 50.9. The number of amides is 1. The van der Waals surface area contributed by atoms with Crippen LogP contribution in [0.25, 0.3) is 0 Å². The minimum Gasteiger partial charge on any atom is -0.465 e. The number of nitrogens with two attached hydrogens (primary N) is 4. The Hall–Kier alpha value is -3.33. The van der Waals surface area contributed by atoms with Gasteiger partial charge in [-0.1, -0.05) is 39.8 Å². The molecule has 222 valence electrons. The van der Waals surface area contributed by atoms with Crippen LogP contribution in [0.5, 0.6) is 0 Å². The number of ether oxygens (including phenoxy) is 1. The molecule has 8 N–H and O–H groups in total. The van der Waals surface area contributed by atoms with E-state index in [0.29, 0.717) is 16.7 Å². The van der Waals surface area contributed by atoms with Gasteiger partial charge >= 0.3 is 5.97 Å². The Morgan fingerprint density at radius 1 is 0.800 bits per heavy atom. The van der Waals surface area contributed by atoms with Gasteiger partial charge in [0.2, 0.25) is 20.0 Å². The lowest BCUT2D eigenvalue weighted by molar-refractivity contribution is 0.0598. The third kappa shape index (κ3) is 8.84. The minimum absolute atomic E-state index is 0.0417. The number of benzene rings is 2. The van der Waals surface area contributed by atoms with Gasteiger partial charge in [0.05, 0.1) is 22.5 Å². The maximum atomic E-state index is 12.1. The van der Waals surface area contributed by atoms with Crippen LogP contribution in [0.3, 0.4) is 0 Å². The van der Waals surface area contributed by atoms with E-state index in [-0.39, 0.29) is 38.7 Å². The van der Waals surface area contributed by atoms with Crippen LogP contribution in [0.4, 0.5) is 0 Å². The van der Waals surface area contributed by atoms with Gasteiger partial charge in [-0.2, -0.15) is 4.99 Å². The van der Waals surface area contributed by atoms with Crippen molar-refractivity contribution < 1.29 is 31.2 Å². The van der Waals surface area contributed by atoms with E-state index in [1.54, 1.807) is 26.0 Å². The molecule has 0 fully saturated rings. The Balaban J connectivity index is 0.000000402. The van der Waals surface area contributed by atoms with E-state index in [9.17, 15) is 26.4 Å². The quantitative estimate of drug-likeness (QED) is 0.199. The van der Waals surface area contributed by atoms with Crippen molar-refractivity contribution in [1.29, 1.82) is 0 Å². The number of aliphatic imine (C=N–C) groups is 1. The van der Waals surface area contributed by atoms with Crippen molar-refractivity contribution in [3.63, 3.8) is 0 Å². The zero-order valence-electron chi connectivity index (χ0n) is 23.8. The van der Waals surface area contributed by atoms with E-state index >= 15 is 0 Å². The summed E-state index contributed by atoms with van der Waals surface area (Å²) in [5.41, 5.74) is 13.3. The molecule has 2 aromatic rings. The first kappa shape index (κ1) is 34.7. The number of hydrogen-bond acceptors (Lipinski definition) is 7. The number of esters is 1. The van der Waals surface area contributed by atoms with Crippen LogP contribution in [0, 0.1) is 13.8 Å². The number of guanidine groups is 1. The average Bonchev–Trinajstić information content (AvgIpc) is 2.85. The number of primary sulfonamides is 2. The van der Waals surface area contributed by atoms with Crippen LogP contribution in [0.1, 0.15) is 95.3 Å². The first-order valence-corrected chi connectivity index (χ1v) is 15.5. The highest BCUT2D eigenvalue weighted by atomic mass is 32.2. The number of nitrogens with zero attached hydrogens (tertiary/aromatic N) is 1. The highest BCUT2D eigenvalue weighted by Gasteiger charge is 2.23. The van der Waals surface area contributed by atoms with E-state index in [1.807, 2.05) is 27.7 Å².